The molecule has 2 rings (SSSR count). The van der Waals surface area contributed by atoms with E-state index in [9.17, 15) is 4.79 Å². The van der Waals surface area contributed by atoms with Crippen LogP contribution in [-0.2, 0) is 0 Å². The Morgan fingerprint density at radius 1 is 1.25 bits per heavy atom. The Hall–Kier alpha value is -2.46. The van der Waals surface area contributed by atoms with Crippen LogP contribution in [0.15, 0.2) is 48.7 Å². The summed E-state index contributed by atoms with van der Waals surface area (Å²) in [6, 6.07) is 10.6. The van der Waals surface area contributed by atoms with Crippen LogP contribution in [-0.4, -0.2) is 19.5 Å². The second kappa shape index (κ2) is 8.41. The molecule has 2 aromatic rings. The zero-order valence-electron chi connectivity index (χ0n) is 13.9. The van der Waals surface area contributed by atoms with Gasteiger partial charge in [-0.15, -0.1) is 0 Å². The summed E-state index contributed by atoms with van der Waals surface area (Å²) >= 11 is 6.07. The highest BCUT2D eigenvalue weighted by atomic mass is 35.5. The molecule has 0 aromatic heterocycles. The van der Waals surface area contributed by atoms with Crippen LogP contribution in [0.5, 0.6) is 11.5 Å². The zero-order valence-corrected chi connectivity index (χ0v) is 14.7. The van der Waals surface area contributed by atoms with Gasteiger partial charge < -0.3 is 14.8 Å². The average Bonchev–Trinajstić information content (AvgIpc) is 2.58. The Bertz CT molecular complexity index is 739. The summed E-state index contributed by atoms with van der Waals surface area (Å²) in [6.07, 6.45) is 3.06. The van der Waals surface area contributed by atoms with Crippen LogP contribution in [0.4, 0.5) is 5.69 Å². The van der Waals surface area contributed by atoms with E-state index in [1.807, 2.05) is 19.9 Å². The van der Waals surface area contributed by atoms with Crippen molar-refractivity contribution in [2.75, 3.05) is 19.0 Å². The monoisotopic (exact) mass is 345 g/mol. The number of rotatable bonds is 7. The Kier molecular flexibility index (Phi) is 6.27. The van der Waals surface area contributed by atoms with Crippen molar-refractivity contribution in [1.29, 1.82) is 0 Å². The number of benzene rings is 2. The number of hydrogen-bond donors (Lipinski definition) is 1. The average molecular weight is 346 g/mol. The number of hydrogen-bond acceptors (Lipinski definition) is 4. The molecule has 4 nitrogen and oxygen atoms in total. The minimum atomic E-state index is -0.102. The van der Waals surface area contributed by atoms with Gasteiger partial charge in [-0.1, -0.05) is 11.6 Å². The van der Waals surface area contributed by atoms with Crippen molar-refractivity contribution in [3.05, 3.63) is 64.8 Å². The van der Waals surface area contributed by atoms with Crippen LogP contribution in [0.3, 0.4) is 0 Å². The standard InChI is InChI=1S/C19H20ClNO3/c1-4-24-15-7-5-14(6-8-15)18(22)9-10-21-17-11-13(2)16(20)12-19(17)23-3/h5-12,21H,4H2,1-3H3. The highest BCUT2D eigenvalue weighted by Gasteiger charge is 2.06. The third-order valence-corrected chi connectivity index (χ3v) is 3.81. The Morgan fingerprint density at radius 2 is 1.96 bits per heavy atom. The number of methoxy groups -OCH3 is 1. The SMILES string of the molecule is CCOc1ccc(C(=O)C=CNc2cc(C)c(Cl)cc2OC)cc1. The van der Waals surface area contributed by atoms with E-state index in [1.165, 1.54) is 6.08 Å². The molecule has 0 unspecified atom stereocenters. The van der Waals surface area contributed by atoms with Crippen LogP contribution in [0.25, 0.3) is 0 Å². The van der Waals surface area contributed by atoms with E-state index < -0.39 is 0 Å². The largest absolute Gasteiger partial charge is 0.495 e. The molecular formula is C19H20ClNO3. The van der Waals surface area contributed by atoms with Crippen molar-refractivity contribution in [2.45, 2.75) is 13.8 Å². The number of ether oxygens (including phenoxy) is 2. The number of anilines is 1. The van der Waals surface area contributed by atoms with Gasteiger partial charge in [0.05, 0.1) is 19.4 Å². The molecule has 0 fully saturated rings. The predicted molar refractivity (Wildman–Crippen MR) is 97.4 cm³/mol. The molecule has 1 N–H and O–H groups in total. The molecule has 0 aliphatic carbocycles. The van der Waals surface area contributed by atoms with Gasteiger partial charge in [0.1, 0.15) is 11.5 Å². The Labute approximate surface area is 147 Å². The van der Waals surface area contributed by atoms with Crippen LogP contribution in [0.1, 0.15) is 22.8 Å². The fraction of sp³-hybridized carbons (Fsp3) is 0.211. The first-order valence-electron chi connectivity index (χ1n) is 7.59. The minimum absolute atomic E-state index is 0.102. The number of nitrogens with one attached hydrogen (secondary N) is 1. The fourth-order valence-corrected chi connectivity index (χ4v) is 2.28. The summed E-state index contributed by atoms with van der Waals surface area (Å²) in [7, 11) is 1.57. The molecule has 2 aromatic carbocycles. The zero-order chi connectivity index (χ0) is 17.5. The second-order valence-corrected chi connectivity index (χ2v) is 5.51. The maximum Gasteiger partial charge on any atom is 0.187 e. The topological polar surface area (TPSA) is 47.6 Å². The third kappa shape index (κ3) is 4.52. The molecule has 0 aliphatic heterocycles. The number of allylic oxidation sites excluding steroid dienone is 1. The van der Waals surface area contributed by atoms with Crippen molar-refractivity contribution >= 4 is 23.1 Å². The fourth-order valence-electron chi connectivity index (χ4n) is 2.13. The summed E-state index contributed by atoms with van der Waals surface area (Å²) in [5.74, 6) is 1.26. The molecule has 0 amide bonds. The summed E-state index contributed by atoms with van der Waals surface area (Å²) in [6.45, 7) is 4.42. The van der Waals surface area contributed by atoms with Crippen LogP contribution >= 0.6 is 11.6 Å². The smallest absolute Gasteiger partial charge is 0.187 e. The molecule has 0 bridgehead atoms. The molecule has 0 aliphatic rings. The van der Waals surface area contributed by atoms with Gasteiger partial charge in [-0.3, -0.25) is 4.79 Å². The number of ketones is 1. The lowest BCUT2D eigenvalue weighted by atomic mass is 10.1. The highest BCUT2D eigenvalue weighted by molar-refractivity contribution is 6.31. The Balaban J connectivity index is 2.06. The molecular weight excluding hydrogens is 326 g/mol. The molecule has 24 heavy (non-hydrogen) atoms. The molecule has 0 atom stereocenters. The first-order chi connectivity index (χ1) is 11.5. The van der Waals surface area contributed by atoms with Crippen molar-refractivity contribution in [3.8, 4) is 11.5 Å². The number of carbonyl (C=O) groups excluding carboxylic acids is 1. The molecule has 5 heteroatoms. The lowest BCUT2D eigenvalue weighted by molar-refractivity contribution is 0.104. The predicted octanol–water partition coefficient (Wildman–Crippen LogP) is 4.86. The van der Waals surface area contributed by atoms with Crippen molar-refractivity contribution in [1.82, 2.24) is 0 Å². The molecule has 126 valence electrons. The number of carbonyl (C=O) groups is 1. The molecule has 0 heterocycles. The normalized spacial score (nSPS) is 10.7. The van der Waals surface area contributed by atoms with Gasteiger partial charge >= 0.3 is 0 Å². The van der Waals surface area contributed by atoms with Gasteiger partial charge in [0, 0.05) is 28.9 Å². The quantitative estimate of drug-likeness (QED) is 0.574. The van der Waals surface area contributed by atoms with E-state index in [1.54, 1.807) is 43.6 Å². The van der Waals surface area contributed by atoms with Crippen LogP contribution in [0.2, 0.25) is 5.02 Å². The first-order valence-corrected chi connectivity index (χ1v) is 7.97. The van der Waals surface area contributed by atoms with Crippen molar-refractivity contribution in [3.63, 3.8) is 0 Å². The van der Waals surface area contributed by atoms with Gasteiger partial charge in [0.25, 0.3) is 0 Å². The van der Waals surface area contributed by atoms with Gasteiger partial charge in [-0.05, 0) is 49.7 Å². The van der Waals surface area contributed by atoms with E-state index in [2.05, 4.69) is 5.32 Å². The van der Waals surface area contributed by atoms with E-state index in [0.29, 0.717) is 22.9 Å². The van der Waals surface area contributed by atoms with Crippen molar-refractivity contribution < 1.29 is 14.3 Å². The molecule has 0 spiro atoms. The number of aryl methyl sites for hydroxylation is 1. The Morgan fingerprint density at radius 3 is 2.58 bits per heavy atom. The summed E-state index contributed by atoms with van der Waals surface area (Å²) in [4.78, 5) is 12.2. The van der Waals surface area contributed by atoms with Gasteiger partial charge in [-0.2, -0.15) is 0 Å². The molecule has 0 radical (unpaired) electrons. The minimum Gasteiger partial charge on any atom is -0.495 e. The van der Waals surface area contributed by atoms with Crippen LogP contribution < -0.4 is 14.8 Å². The molecule has 0 saturated heterocycles. The van der Waals surface area contributed by atoms with Gasteiger partial charge in [0.2, 0.25) is 0 Å². The molecule has 0 saturated carbocycles. The van der Waals surface area contributed by atoms with Crippen molar-refractivity contribution in [2.24, 2.45) is 0 Å². The highest BCUT2D eigenvalue weighted by Crippen LogP contribution is 2.30. The lowest BCUT2D eigenvalue weighted by Crippen LogP contribution is -1.98. The van der Waals surface area contributed by atoms with Gasteiger partial charge in [0.15, 0.2) is 5.78 Å². The first kappa shape index (κ1) is 17.9. The second-order valence-electron chi connectivity index (χ2n) is 5.10. The maximum absolute atomic E-state index is 12.2. The summed E-state index contributed by atoms with van der Waals surface area (Å²) < 4.78 is 10.6. The van der Waals surface area contributed by atoms with E-state index >= 15 is 0 Å². The maximum atomic E-state index is 12.2. The lowest BCUT2D eigenvalue weighted by Gasteiger charge is -2.10. The third-order valence-electron chi connectivity index (χ3n) is 3.40. The van der Waals surface area contributed by atoms with Crippen LogP contribution in [0, 0.1) is 6.92 Å². The van der Waals surface area contributed by atoms with E-state index in [-0.39, 0.29) is 5.78 Å². The van der Waals surface area contributed by atoms with E-state index in [0.717, 1.165) is 17.0 Å². The van der Waals surface area contributed by atoms with Gasteiger partial charge in [-0.25, -0.2) is 0 Å². The number of halogens is 1. The summed E-state index contributed by atoms with van der Waals surface area (Å²) in [5, 5.41) is 3.69. The van der Waals surface area contributed by atoms with E-state index in [4.69, 9.17) is 21.1 Å². The summed E-state index contributed by atoms with van der Waals surface area (Å²) in [5.41, 5.74) is 2.26.